The molecule has 0 bridgehead atoms. The maximum absolute atomic E-state index is 11.1. The van der Waals surface area contributed by atoms with E-state index in [1.54, 1.807) is 0 Å². The molecule has 0 aliphatic carbocycles. The van der Waals surface area contributed by atoms with E-state index in [1.807, 2.05) is 19.1 Å². The van der Waals surface area contributed by atoms with Crippen molar-refractivity contribution >= 4 is 5.97 Å². The van der Waals surface area contributed by atoms with Gasteiger partial charge in [-0.25, -0.2) is 0 Å². The van der Waals surface area contributed by atoms with Crippen LogP contribution in [0.1, 0.15) is 25.8 Å². The number of methoxy groups -OCH3 is 1. The molecule has 4 heteroatoms. The molecular weight excluding hydrogens is 242 g/mol. The number of rotatable bonds is 8. The van der Waals surface area contributed by atoms with Crippen LogP contribution in [0, 0.1) is 0 Å². The van der Waals surface area contributed by atoms with Crippen LogP contribution in [-0.2, 0) is 16.1 Å². The molecule has 0 saturated carbocycles. The molecule has 0 amide bonds. The molecule has 0 atom stereocenters. The van der Waals surface area contributed by atoms with Crippen molar-refractivity contribution in [1.82, 2.24) is 4.90 Å². The topological polar surface area (TPSA) is 38.8 Å². The Kier molecular flexibility index (Phi) is 6.97. The smallest absolute Gasteiger partial charge is 0.306 e. The SMILES string of the molecule is CCOc1ccc(CN(CC)CCC(=O)OC)cc1. The molecular formula is C15H23NO3. The number of ether oxygens (including phenoxy) is 2. The average molecular weight is 265 g/mol. The number of esters is 1. The molecule has 0 aliphatic heterocycles. The van der Waals surface area contributed by atoms with E-state index >= 15 is 0 Å². The highest BCUT2D eigenvalue weighted by Crippen LogP contribution is 2.13. The van der Waals surface area contributed by atoms with Gasteiger partial charge >= 0.3 is 5.97 Å². The lowest BCUT2D eigenvalue weighted by Crippen LogP contribution is -2.26. The Morgan fingerprint density at radius 2 is 1.89 bits per heavy atom. The fraction of sp³-hybridized carbons (Fsp3) is 0.533. The van der Waals surface area contributed by atoms with Crippen LogP contribution in [0.3, 0.4) is 0 Å². The van der Waals surface area contributed by atoms with E-state index in [2.05, 4.69) is 28.7 Å². The third-order valence-corrected chi connectivity index (χ3v) is 2.95. The van der Waals surface area contributed by atoms with Crippen LogP contribution >= 0.6 is 0 Å². The van der Waals surface area contributed by atoms with Gasteiger partial charge in [0.2, 0.25) is 0 Å². The Labute approximate surface area is 115 Å². The average Bonchev–Trinajstić information content (AvgIpc) is 2.45. The molecule has 0 aliphatic rings. The summed E-state index contributed by atoms with van der Waals surface area (Å²) < 4.78 is 10.1. The summed E-state index contributed by atoms with van der Waals surface area (Å²) in [6, 6.07) is 8.08. The molecule has 0 fully saturated rings. The number of carbonyl (C=O) groups is 1. The second-order valence-electron chi connectivity index (χ2n) is 4.27. The molecule has 19 heavy (non-hydrogen) atoms. The number of hydrogen-bond acceptors (Lipinski definition) is 4. The minimum atomic E-state index is -0.162. The maximum Gasteiger partial charge on any atom is 0.306 e. The van der Waals surface area contributed by atoms with Crippen LogP contribution in [0.15, 0.2) is 24.3 Å². The van der Waals surface area contributed by atoms with Crippen molar-refractivity contribution in [2.24, 2.45) is 0 Å². The summed E-state index contributed by atoms with van der Waals surface area (Å²) in [5, 5.41) is 0. The van der Waals surface area contributed by atoms with Crippen molar-refractivity contribution in [2.75, 3.05) is 26.8 Å². The van der Waals surface area contributed by atoms with Gasteiger partial charge in [-0.15, -0.1) is 0 Å². The van der Waals surface area contributed by atoms with Crippen molar-refractivity contribution in [1.29, 1.82) is 0 Å². The summed E-state index contributed by atoms with van der Waals surface area (Å²) in [6.45, 7) is 7.20. The summed E-state index contributed by atoms with van der Waals surface area (Å²) in [5.41, 5.74) is 1.22. The van der Waals surface area contributed by atoms with Gasteiger partial charge in [0.05, 0.1) is 20.1 Å². The highest BCUT2D eigenvalue weighted by Gasteiger charge is 2.07. The fourth-order valence-electron chi connectivity index (χ4n) is 1.82. The van der Waals surface area contributed by atoms with E-state index in [1.165, 1.54) is 12.7 Å². The Morgan fingerprint density at radius 3 is 2.42 bits per heavy atom. The van der Waals surface area contributed by atoms with Crippen LogP contribution < -0.4 is 4.74 Å². The van der Waals surface area contributed by atoms with Crippen molar-refractivity contribution in [3.05, 3.63) is 29.8 Å². The van der Waals surface area contributed by atoms with E-state index in [9.17, 15) is 4.79 Å². The van der Waals surface area contributed by atoms with Gasteiger partial charge in [-0.05, 0) is 31.2 Å². The van der Waals surface area contributed by atoms with E-state index in [0.717, 1.165) is 25.4 Å². The maximum atomic E-state index is 11.1. The van der Waals surface area contributed by atoms with E-state index < -0.39 is 0 Å². The van der Waals surface area contributed by atoms with Gasteiger partial charge in [0.1, 0.15) is 5.75 Å². The first kappa shape index (κ1) is 15.5. The molecule has 0 N–H and O–H groups in total. The van der Waals surface area contributed by atoms with Crippen LogP contribution in [0.2, 0.25) is 0 Å². The largest absolute Gasteiger partial charge is 0.494 e. The predicted molar refractivity (Wildman–Crippen MR) is 75.2 cm³/mol. The number of carbonyl (C=O) groups excluding carboxylic acids is 1. The molecule has 0 spiro atoms. The molecule has 4 nitrogen and oxygen atoms in total. The molecule has 0 heterocycles. The van der Waals surface area contributed by atoms with E-state index in [-0.39, 0.29) is 5.97 Å². The summed E-state index contributed by atoms with van der Waals surface area (Å²) >= 11 is 0. The van der Waals surface area contributed by atoms with Crippen LogP contribution in [0.4, 0.5) is 0 Å². The normalized spacial score (nSPS) is 10.5. The van der Waals surface area contributed by atoms with Gasteiger partial charge < -0.3 is 9.47 Å². The number of hydrogen-bond donors (Lipinski definition) is 0. The van der Waals surface area contributed by atoms with Gasteiger partial charge in [0, 0.05) is 13.1 Å². The first-order valence-corrected chi connectivity index (χ1v) is 6.70. The third kappa shape index (κ3) is 5.75. The molecule has 1 aromatic rings. The minimum absolute atomic E-state index is 0.162. The van der Waals surface area contributed by atoms with Gasteiger partial charge in [-0.1, -0.05) is 19.1 Å². The summed E-state index contributed by atoms with van der Waals surface area (Å²) in [4.78, 5) is 13.4. The zero-order valence-corrected chi connectivity index (χ0v) is 12.0. The van der Waals surface area contributed by atoms with Crippen LogP contribution in [0.5, 0.6) is 5.75 Å². The van der Waals surface area contributed by atoms with Crippen LogP contribution in [0.25, 0.3) is 0 Å². The first-order valence-electron chi connectivity index (χ1n) is 6.70. The predicted octanol–water partition coefficient (Wildman–Crippen LogP) is 2.47. The summed E-state index contributed by atoms with van der Waals surface area (Å²) in [7, 11) is 1.42. The van der Waals surface area contributed by atoms with Crippen LogP contribution in [-0.4, -0.2) is 37.7 Å². The molecule has 0 saturated heterocycles. The molecule has 1 aromatic carbocycles. The first-order chi connectivity index (χ1) is 9.19. The molecule has 0 aromatic heterocycles. The number of benzene rings is 1. The number of nitrogens with zero attached hydrogens (tertiary/aromatic N) is 1. The highest BCUT2D eigenvalue weighted by molar-refractivity contribution is 5.69. The Morgan fingerprint density at radius 1 is 1.21 bits per heavy atom. The lowest BCUT2D eigenvalue weighted by Gasteiger charge is -2.19. The van der Waals surface area contributed by atoms with E-state index in [4.69, 9.17) is 4.74 Å². The molecule has 1 rings (SSSR count). The van der Waals surface area contributed by atoms with Gasteiger partial charge in [-0.3, -0.25) is 9.69 Å². The second-order valence-corrected chi connectivity index (χ2v) is 4.27. The summed E-state index contributed by atoms with van der Waals surface area (Å²) in [5.74, 6) is 0.731. The van der Waals surface area contributed by atoms with Gasteiger partial charge in [0.25, 0.3) is 0 Å². The van der Waals surface area contributed by atoms with Crippen molar-refractivity contribution in [3.8, 4) is 5.75 Å². The minimum Gasteiger partial charge on any atom is -0.494 e. The Balaban J connectivity index is 2.48. The zero-order valence-electron chi connectivity index (χ0n) is 12.0. The quantitative estimate of drug-likeness (QED) is 0.677. The monoisotopic (exact) mass is 265 g/mol. The van der Waals surface area contributed by atoms with Crippen molar-refractivity contribution in [3.63, 3.8) is 0 Å². The zero-order chi connectivity index (χ0) is 14.1. The molecule has 0 unspecified atom stereocenters. The van der Waals surface area contributed by atoms with Crippen molar-refractivity contribution < 1.29 is 14.3 Å². The lowest BCUT2D eigenvalue weighted by molar-refractivity contribution is -0.141. The standard InChI is InChI=1S/C15H23NO3/c1-4-16(11-10-15(17)18-3)12-13-6-8-14(9-7-13)19-5-2/h6-9H,4-5,10-12H2,1-3H3. The molecule has 106 valence electrons. The lowest BCUT2D eigenvalue weighted by atomic mass is 10.2. The van der Waals surface area contributed by atoms with E-state index in [0.29, 0.717) is 13.0 Å². The second kappa shape index (κ2) is 8.53. The van der Waals surface area contributed by atoms with Crippen molar-refractivity contribution in [2.45, 2.75) is 26.8 Å². The Hall–Kier alpha value is -1.55. The summed E-state index contributed by atoms with van der Waals surface area (Å²) in [6.07, 6.45) is 0.432. The highest BCUT2D eigenvalue weighted by atomic mass is 16.5. The Bertz CT molecular complexity index is 375. The molecule has 0 radical (unpaired) electrons. The fourth-order valence-corrected chi connectivity index (χ4v) is 1.82. The third-order valence-electron chi connectivity index (χ3n) is 2.95. The van der Waals surface area contributed by atoms with Gasteiger partial charge in [-0.2, -0.15) is 0 Å². The van der Waals surface area contributed by atoms with Gasteiger partial charge in [0.15, 0.2) is 0 Å².